The van der Waals surface area contributed by atoms with E-state index in [0.29, 0.717) is 18.3 Å². The van der Waals surface area contributed by atoms with Crippen LogP contribution in [0, 0.1) is 0 Å². The second-order valence-corrected chi connectivity index (χ2v) is 7.46. The number of fused-ring (bicyclic) bond motifs is 1. The highest BCUT2D eigenvalue weighted by molar-refractivity contribution is 7.17. The third-order valence-electron chi connectivity index (χ3n) is 4.78. The number of rotatable bonds is 5. The molecule has 1 fully saturated rings. The van der Waals surface area contributed by atoms with E-state index in [-0.39, 0.29) is 0 Å². The molecule has 0 spiro atoms. The fourth-order valence-corrected chi connectivity index (χ4v) is 4.19. The summed E-state index contributed by atoms with van der Waals surface area (Å²) in [5.74, 6) is -0.398. The van der Waals surface area contributed by atoms with E-state index in [1.165, 1.54) is 0 Å². The van der Waals surface area contributed by atoms with Crippen LogP contribution in [0.25, 0.3) is 21.2 Å². The maximum atomic E-state index is 11.5. The smallest absolute Gasteiger partial charge is 0.248 e. The first-order chi connectivity index (χ1) is 12.7. The van der Waals surface area contributed by atoms with Gasteiger partial charge in [-0.15, -0.1) is 11.3 Å². The molecule has 3 aromatic rings. The predicted octanol–water partition coefficient (Wildman–Crippen LogP) is 4.36. The lowest BCUT2D eigenvalue weighted by atomic mass is 10.0. The summed E-state index contributed by atoms with van der Waals surface area (Å²) < 4.78 is 12.5. The van der Waals surface area contributed by atoms with Gasteiger partial charge >= 0.3 is 0 Å². The number of hydrogen-bond acceptors (Lipinski definition) is 4. The summed E-state index contributed by atoms with van der Waals surface area (Å²) in [6.45, 7) is 2.21. The van der Waals surface area contributed by atoms with Crippen LogP contribution in [-0.2, 0) is 16.1 Å². The summed E-state index contributed by atoms with van der Waals surface area (Å²) in [5.41, 5.74) is 9.39. The van der Waals surface area contributed by atoms with Gasteiger partial charge in [-0.25, -0.2) is 0 Å². The van der Waals surface area contributed by atoms with E-state index in [0.717, 1.165) is 52.8 Å². The van der Waals surface area contributed by atoms with Crippen LogP contribution >= 0.6 is 11.3 Å². The Kier molecular flexibility index (Phi) is 5.02. The maximum absolute atomic E-state index is 11.5. The van der Waals surface area contributed by atoms with Crippen molar-refractivity contribution in [3.05, 3.63) is 59.0 Å². The van der Waals surface area contributed by atoms with Gasteiger partial charge in [-0.3, -0.25) is 4.79 Å². The number of ether oxygens (including phenoxy) is 2. The van der Waals surface area contributed by atoms with E-state index in [2.05, 4.69) is 29.6 Å². The zero-order chi connectivity index (χ0) is 17.9. The van der Waals surface area contributed by atoms with Crippen LogP contribution in [0.1, 0.15) is 28.8 Å². The average Bonchev–Trinajstić information content (AvgIpc) is 3.11. The Hall–Kier alpha value is -2.21. The van der Waals surface area contributed by atoms with Crippen molar-refractivity contribution >= 4 is 27.3 Å². The van der Waals surface area contributed by atoms with E-state index in [1.807, 2.05) is 12.1 Å². The van der Waals surface area contributed by atoms with Gasteiger partial charge < -0.3 is 15.2 Å². The van der Waals surface area contributed by atoms with Crippen molar-refractivity contribution in [3.63, 3.8) is 0 Å². The van der Waals surface area contributed by atoms with Crippen LogP contribution in [0.4, 0.5) is 0 Å². The number of primary amides is 1. The molecule has 1 amide bonds. The lowest BCUT2D eigenvalue weighted by molar-refractivity contribution is -0.0390. The highest BCUT2D eigenvalue weighted by atomic mass is 32.1. The summed E-state index contributed by atoms with van der Waals surface area (Å²) in [6, 6.07) is 14.1. The molecule has 1 aromatic heterocycles. The van der Waals surface area contributed by atoms with Crippen molar-refractivity contribution in [2.75, 3.05) is 13.2 Å². The number of nitrogens with two attached hydrogens (primary N) is 1. The minimum Gasteiger partial charge on any atom is -0.381 e. The Balaban J connectivity index is 1.52. The van der Waals surface area contributed by atoms with Crippen LogP contribution in [0.3, 0.4) is 0 Å². The molecule has 0 unspecified atom stereocenters. The van der Waals surface area contributed by atoms with E-state index in [9.17, 15) is 4.79 Å². The van der Waals surface area contributed by atoms with Gasteiger partial charge in [0.05, 0.1) is 12.7 Å². The summed E-state index contributed by atoms with van der Waals surface area (Å²) >= 11 is 1.67. The first-order valence-electron chi connectivity index (χ1n) is 8.80. The Morgan fingerprint density at radius 1 is 1.15 bits per heavy atom. The summed E-state index contributed by atoms with van der Waals surface area (Å²) in [7, 11) is 0. The van der Waals surface area contributed by atoms with Gasteiger partial charge in [0.1, 0.15) is 0 Å². The van der Waals surface area contributed by atoms with Gasteiger partial charge in [-0.2, -0.15) is 0 Å². The van der Waals surface area contributed by atoms with Crippen molar-refractivity contribution in [2.45, 2.75) is 25.6 Å². The molecule has 134 valence electrons. The molecule has 2 N–H and O–H groups in total. The van der Waals surface area contributed by atoms with E-state index < -0.39 is 5.91 Å². The quantitative estimate of drug-likeness (QED) is 0.729. The zero-order valence-electron chi connectivity index (χ0n) is 14.4. The molecule has 0 saturated carbocycles. The molecule has 0 bridgehead atoms. The first kappa shape index (κ1) is 17.2. The van der Waals surface area contributed by atoms with Gasteiger partial charge in [0.25, 0.3) is 0 Å². The van der Waals surface area contributed by atoms with Crippen LogP contribution < -0.4 is 5.73 Å². The number of thiophene rings is 1. The van der Waals surface area contributed by atoms with Gasteiger partial charge in [0.2, 0.25) is 5.91 Å². The van der Waals surface area contributed by atoms with Crippen LogP contribution in [-0.4, -0.2) is 25.2 Å². The Morgan fingerprint density at radius 2 is 1.92 bits per heavy atom. The van der Waals surface area contributed by atoms with Crippen molar-refractivity contribution in [1.29, 1.82) is 0 Å². The molecular weight excluding hydrogens is 346 g/mol. The standard InChI is InChI=1S/C21H21NO3S/c22-21(23)16-5-6-20-18(11-16)19(13-26-20)15-3-1-14(2-4-15)12-25-17-7-9-24-10-8-17/h1-6,11,13,17H,7-10,12H2,(H2,22,23). The molecule has 4 nitrogen and oxygen atoms in total. The Bertz CT molecular complexity index is 911. The number of benzene rings is 2. The number of carbonyl (C=O) groups excluding carboxylic acids is 1. The summed E-state index contributed by atoms with van der Waals surface area (Å²) in [4.78, 5) is 11.5. The molecule has 1 saturated heterocycles. The molecule has 2 heterocycles. The van der Waals surface area contributed by atoms with E-state index >= 15 is 0 Å². The van der Waals surface area contributed by atoms with E-state index in [1.54, 1.807) is 17.4 Å². The highest BCUT2D eigenvalue weighted by Crippen LogP contribution is 2.34. The fourth-order valence-electron chi connectivity index (χ4n) is 3.24. The third kappa shape index (κ3) is 3.65. The van der Waals surface area contributed by atoms with Crippen molar-refractivity contribution in [1.82, 2.24) is 0 Å². The highest BCUT2D eigenvalue weighted by Gasteiger charge is 2.14. The monoisotopic (exact) mass is 367 g/mol. The molecule has 2 aromatic carbocycles. The number of carbonyl (C=O) groups is 1. The molecule has 0 radical (unpaired) electrons. The van der Waals surface area contributed by atoms with Gasteiger partial charge in [0, 0.05) is 34.4 Å². The number of hydrogen-bond donors (Lipinski definition) is 1. The lowest BCUT2D eigenvalue weighted by Crippen LogP contribution is -2.23. The van der Waals surface area contributed by atoms with Crippen molar-refractivity contribution < 1.29 is 14.3 Å². The second-order valence-electron chi connectivity index (χ2n) is 6.54. The maximum Gasteiger partial charge on any atom is 0.248 e. The largest absolute Gasteiger partial charge is 0.381 e. The Morgan fingerprint density at radius 3 is 2.65 bits per heavy atom. The van der Waals surface area contributed by atoms with Gasteiger partial charge in [-0.05, 0) is 47.5 Å². The average molecular weight is 367 g/mol. The molecule has 0 aliphatic carbocycles. The molecule has 26 heavy (non-hydrogen) atoms. The minimum absolute atomic E-state index is 0.302. The predicted molar refractivity (Wildman–Crippen MR) is 104 cm³/mol. The van der Waals surface area contributed by atoms with Crippen LogP contribution in [0.15, 0.2) is 47.8 Å². The van der Waals surface area contributed by atoms with Crippen molar-refractivity contribution in [2.24, 2.45) is 5.73 Å². The lowest BCUT2D eigenvalue weighted by Gasteiger charge is -2.22. The zero-order valence-corrected chi connectivity index (χ0v) is 15.3. The normalized spacial score (nSPS) is 15.4. The van der Waals surface area contributed by atoms with Crippen LogP contribution in [0.5, 0.6) is 0 Å². The second kappa shape index (κ2) is 7.58. The topological polar surface area (TPSA) is 61.6 Å². The minimum atomic E-state index is -0.398. The Labute approximate surface area is 156 Å². The van der Waals surface area contributed by atoms with Crippen molar-refractivity contribution in [3.8, 4) is 11.1 Å². The van der Waals surface area contributed by atoms with Crippen LogP contribution in [0.2, 0.25) is 0 Å². The number of amides is 1. The molecule has 4 rings (SSSR count). The molecule has 0 atom stereocenters. The van der Waals surface area contributed by atoms with Gasteiger partial charge in [-0.1, -0.05) is 24.3 Å². The molecular formula is C21H21NO3S. The molecule has 1 aliphatic rings. The molecule has 1 aliphatic heterocycles. The summed E-state index contributed by atoms with van der Waals surface area (Å²) in [6.07, 6.45) is 2.25. The first-order valence-corrected chi connectivity index (χ1v) is 9.68. The van der Waals surface area contributed by atoms with Gasteiger partial charge in [0.15, 0.2) is 0 Å². The third-order valence-corrected chi connectivity index (χ3v) is 5.74. The summed E-state index contributed by atoms with van der Waals surface area (Å²) in [5, 5.41) is 3.20. The molecule has 5 heteroatoms. The van der Waals surface area contributed by atoms with E-state index in [4.69, 9.17) is 15.2 Å². The SMILES string of the molecule is NC(=O)c1ccc2scc(-c3ccc(COC4CCOCC4)cc3)c2c1. The fraction of sp³-hybridized carbons (Fsp3) is 0.286.